The summed E-state index contributed by atoms with van der Waals surface area (Å²) in [6.45, 7) is 8.44. The molecule has 0 spiro atoms. The molecule has 1 atom stereocenters. The van der Waals surface area contributed by atoms with Gasteiger partial charge < -0.3 is 20.1 Å². The summed E-state index contributed by atoms with van der Waals surface area (Å²) in [5, 5.41) is 8.99. The first-order valence-electron chi connectivity index (χ1n) is 9.72. The van der Waals surface area contributed by atoms with Crippen molar-refractivity contribution >= 4 is 17.3 Å². The molecular weight excluding hydrogens is 348 g/mol. The molecule has 3 rings (SSSR count). The van der Waals surface area contributed by atoms with Crippen LogP contribution in [0.15, 0.2) is 16.4 Å². The second-order valence-corrected chi connectivity index (χ2v) is 7.98. The van der Waals surface area contributed by atoms with E-state index < -0.39 is 0 Å². The largest absolute Gasteiger partial charge is 0.381 e. The molecule has 2 aliphatic heterocycles. The van der Waals surface area contributed by atoms with E-state index in [1.165, 1.54) is 12.0 Å². The molecule has 0 radical (unpaired) electrons. The maximum Gasteiger partial charge on any atom is 0.191 e. The molecule has 0 amide bonds. The minimum absolute atomic E-state index is 0.595. The molecule has 0 aromatic carbocycles. The molecule has 2 aliphatic rings. The van der Waals surface area contributed by atoms with Gasteiger partial charge in [0.2, 0.25) is 0 Å². The van der Waals surface area contributed by atoms with Crippen molar-refractivity contribution in [2.75, 3.05) is 59.7 Å². The Balaban J connectivity index is 1.21. The predicted molar refractivity (Wildman–Crippen MR) is 107 cm³/mol. The molecule has 1 fully saturated rings. The first-order valence-corrected chi connectivity index (χ1v) is 10.6. The summed E-state index contributed by atoms with van der Waals surface area (Å²) in [7, 11) is 1.82. The van der Waals surface area contributed by atoms with E-state index in [9.17, 15) is 0 Å². The maximum absolute atomic E-state index is 5.73. The molecular formula is C19H32N4O2S. The van der Waals surface area contributed by atoms with Gasteiger partial charge in [0.05, 0.1) is 13.2 Å². The second-order valence-electron chi connectivity index (χ2n) is 6.98. The molecule has 0 aliphatic carbocycles. The fourth-order valence-corrected chi connectivity index (χ4v) is 4.29. The highest BCUT2D eigenvalue weighted by Gasteiger charge is 2.17. The van der Waals surface area contributed by atoms with Crippen LogP contribution in [0.3, 0.4) is 0 Å². The Hall–Kier alpha value is -1.15. The lowest BCUT2D eigenvalue weighted by molar-refractivity contribution is 0.0888. The van der Waals surface area contributed by atoms with Crippen LogP contribution in [0.1, 0.15) is 23.3 Å². The Kier molecular flexibility index (Phi) is 8.20. The Morgan fingerprint density at radius 2 is 2.35 bits per heavy atom. The number of ether oxygens (including phenoxy) is 2. The number of aliphatic imine (C=N–C) groups is 1. The monoisotopic (exact) mass is 380 g/mol. The average molecular weight is 381 g/mol. The number of hydrogen-bond acceptors (Lipinski definition) is 5. The number of nitrogens with one attached hydrogen (secondary N) is 2. The van der Waals surface area contributed by atoms with Crippen molar-refractivity contribution in [3.8, 4) is 0 Å². The van der Waals surface area contributed by atoms with E-state index in [1.54, 1.807) is 4.88 Å². The third-order valence-corrected chi connectivity index (χ3v) is 5.99. The Labute approximate surface area is 161 Å². The van der Waals surface area contributed by atoms with Gasteiger partial charge in [-0.15, -0.1) is 11.3 Å². The van der Waals surface area contributed by atoms with Crippen molar-refractivity contribution in [3.63, 3.8) is 0 Å². The summed E-state index contributed by atoms with van der Waals surface area (Å²) in [5.41, 5.74) is 1.51. The lowest BCUT2D eigenvalue weighted by Gasteiger charge is -2.27. The van der Waals surface area contributed by atoms with Crippen molar-refractivity contribution < 1.29 is 9.47 Å². The fraction of sp³-hybridized carbons (Fsp3) is 0.737. The number of thiophene rings is 1. The Morgan fingerprint density at radius 1 is 1.42 bits per heavy atom. The van der Waals surface area contributed by atoms with Crippen LogP contribution in [0.25, 0.3) is 0 Å². The quantitative estimate of drug-likeness (QED) is 0.388. The van der Waals surface area contributed by atoms with Gasteiger partial charge >= 0.3 is 0 Å². The van der Waals surface area contributed by atoms with Gasteiger partial charge in [-0.05, 0) is 36.3 Å². The summed E-state index contributed by atoms with van der Waals surface area (Å²) in [4.78, 5) is 8.37. The van der Waals surface area contributed by atoms with Crippen LogP contribution in [0.5, 0.6) is 0 Å². The number of hydrogen-bond donors (Lipinski definition) is 2. The summed E-state index contributed by atoms with van der Waals surface area (Å²) in [6, 6.07) is 2.27. The highest BCUT2D eigenvalue weighted by atomic mass is 32.1. The van der Waals surface area contributed by atoms with Gasteiger partial charge in [0, 0.05) is 63.8 Å². The molecule has 2 N–H and O–H groups in total. The van der Waals surface area contributed by atoms with Crippen molar-refractivity contribution in [3.05, 3.63) is 21.9 Å². The van der Waals surface area contributed by atoms with Crippen LogP contribution in [0, 0.1) is 5.92 Å². The zero-order valence-electron chi connectivity index (χ0n) is 15.8. The summed E-state index contributed by atoms with van der Waals surface area (Å²) < 4.78 is 11.1. The topological polar surface area (TPSA) is 58.1 Å². The molecule has 0 saturated carbocycles. The first-order chi connectivity index (χ1) is 12.8. The van der Waals surface area contributed by atoms with Gasteiger partial charge in [-0.1, -0.05) is 0 Å². The average Bonchev–Trinajstić information content (AvgIpc) is 3.34. The van der Waals surface area contributed by atoms with Crippen molar-refractivity contribution in [2.24, 2.45) is 10.9 Å². The Bertz CT molecular complexity index is 557. The van der Waals surface area contributed by atoms with E-state index in [2.05, 4.69) is 32.0 Å². The van der Waals surface area contributed by atoms with Gasteiger partial charge in [-0.2, -0.15) is 0 Å². The second kappa shape index (κ2) is 10.9. The van der Waals surface area contributed by atoms with Crippen LogP contribution in [-0.4, -0.2) is 70.5 Å². The molecule has 26 heavy (non-hydrogen) atoms. The molecule has 1 saturated heterocycles. The van der Waals surface area contributed by atoms with Crippen LogP contribution < -0.4 is 10.6 Å². The minimum Gasteiger partial charge on any atom is -0.381 e. The van der Waals surface area contributed by atoms with E-state index in [1.807, 2.05) is 18.4 Å². The molecule has 6 nitrogen and oxygen atoms in total. The zero-order chi connectivity index (χ0) is 18.0. The van der Waals surface area contributed by atoms with Crippen molar-refractivity contribution in [2.45, 2.75) is 25.8 Å². The van der Waals surface area contributed by atoms with Crippen LogP contribution in [0.2, 0.25) is 0 Å². The molecule has 0 bridgehead atoms. The normalized spacial score (nSPS) is 21.0. The van der Waals surface area contributed by atoms with Crippen molar-refractivity contribution in [1.82, 2.24) is 15.5 Å². The van der Waals surface area contributed by atoms with Gasteiger partial charge in [0.1, 0.15) is 0 Å². The van der Waals surface area contributed by atoms with E-state index in [0.717, 1.165) is 78.0 Å². The zero-order valence-corrected chi connectivity index (χ0v) is 16.7. The number of guanidine groups is 1. The third-order valence-electron chi connectivity index (χ3n) is 4.97. The predicted octanol–water partition coefficient (Wildman–Crippen LogP) is 1.71. The lowest BCUT2D eigenvalue weighted by atomic mass is 10.1. The SMILES string of the molecule is CN=C(NCCCOCC1CCOC1)NCCN1CCc2sccc2C1. The van der Waals surface area contributed by atoms with Gasteiger partial charge in [0.25, 0.3) is 0 Å². The first kappa shape index (κ1) is 19.6. The van der Waals surface area contributed by atoms with Crippen molar-refractivity contribution in [1.29, 1.82) is 0 Å². The fourth-order valence-electron chi connectivity index (χ4n) is 3.40. The maximum atomic E-state index is 5.73. The minimum atomic E-state index is 0.595. The Morgan fingerprint density at radius 3 is 3.19 bits per heavy atom. The summed E-state index contributed by atoms with van der Waals surface area (Å²) in [5.74, 6) is 1.47. The summed E-state index contributed by atoms with van der Waals surface area (Å²) in [6.07, 6.45) is 3.31. The van der Waals surface area contributed by atoms with Gasteiger partial charge in [-0.3, -0.25) is 9.89 Å². The number of nitrogens with zero attached hydrogens (tertiary/aromatic N) is 2. The molecule has 7 heteroatoms. The molecule has 1 unspecified atom stereocenters. The molecule has 3 heterocycles. The number of fused-ring (bicyclic) bond motifs is 1. The van der Waals surface area contributed by atoms with E-state index in [0.29, 0.717) is 5.92 Å². The van der Waals surface area contributed by atoms with Crippen LogP contribution in [-0.2, 0) is 22.4 Å². The smallest absolute Gasteiger partial charge is 0.191 e. The van der Waals surface area contributed by atoms with Crippen LogP contribution >= 0.6 is 11.3 Å². The van der Waals surface area contributed by atoms with Crippen LogP contribution in [0.4, 0.5) is 0 Å². The van der Waals surface area contributed by atoms with E-state index in [-0.39, 0.29) is 0 Å². The standard InChI is InChI=1S/C19H32N4O2S/c1-20-19(21-6-2-10-24-14-16-4-11-25-15-16)22-7-9-23-8-3-18-17(13-23)5-12-26-18/h5,12,16H,2-4,6-11,13-15H2,1H3,(H2,20,21,22). The highest BCUT2D eigenvalue weighted by molar-refractivity contribution is 7.10. The van der Waals surface area contributed by atoms with E-state index >= 15 is 0 Å². The molecule has 1 aromatic rings. The van der Waals surface area contributed by atoms with Gasteiger partial charge in [-0.25, -0.2) is 0 Å². The van der Waals surface area contributed by atoms with Gasteiger partial charge in [0.15, 0.2) is 5.96 Å². The molecule has 1 aromatic heterocycles. The molecule has 146 valence electrons. The third kappa shape index (κ3) is 6.23. The van der Waals surface area contributed by atoms with E-state index in [4.69, 9.17) is 9.47 Å². The highest BCUT2D eigenvalue weighted by Crippen LogP contribution is 2.23. The lowest BCUT2D eigenvalue weighted by Crippen LogP contribution is -2.42. The summed E-state index contributed by atoms with van der Waals surface area (Å²) >= 11 is 1.89. The number of rotatable bonds is 9.